The number of rotatable bonds is 17. The van der Waals surface area contributed by atoms with Gasteiger partial charge in [0.1, 0.15) is 23.2 Å². The molecule has 0 bridgehead atoms. The number of ether oxygens (including phenoxy) is 3. The minimum Gasteiger partial charge on any atom is -1.00 e. The summed E-state index contributed by atoms with van der Waals surface area (Å²) >= 11 is 3.70. The van der Waals surface area contributed by atoms with Gasteiger partial charge in [-0.05, 0) is 90.5 Å². The Morgan fingerprint density at radius 1 is 0.523 bits per heavy atom. The average Bonchev–Trinajstić information content (AvgIpc) is 3.06. The van der Waals surface area contributed by atoms with Crippen LogP contribution in [-0.4, -0.2) is 27.5 Å². The van der Waals surface area contributed by atoms with Crippen molar-refractivity contribution in [1.82, 2.24) is 0 Å². The Bertz CT molecular complexity index is 1300. The van der Waals surface area contributed by atoms with Crippen LogP contribution >= 0.6 is 23.2 Å². The molecule has 0 heterocycles. The van der Waals surface area contributed by atoms with Gasteiger partial charge in [0.15, 0.2) is 11.5 Å². The van der Waals surface area contributed by atoms with E-state index in [1.807, 2.05) is 0 Å². The van der Waals surface area contributed by atoms with Crippen molar-refractivity contribution in [2.24, 2.45) is 0 Å². The van der Waals surface area contributed by atoms with Gasteiger partial charge in [0.25, 0.3) is 0 Å². The second kappa shape index (κ2) is 18.6. The first-order chi connectivity index (χ1) is 21.1. The number of unbranched alkanes of at least 4 members (excludes halogenated alkanes) is 7. The Balaban J connectivity index is 0.00000529. The monoisotopic (exact) mass is 740 g/mol. The Kier molecular flexibility index (Phi) is 15.3. The number of hydrogen-bond acceptors (Lipinski definition) is 3. The normalized spacial score (nSPS) is 11.1. The molecule has 6 heteroatoms. The molecule has 0 fully saturated rings. The zero-order valence-electron chi connectivity index (χ0n) is 26.7. The first-order valence-corrected chi connectivity index (χ1v) is 18.4. The zero-order chi connectivity index (χ0) is 30.5. The van der Waals surface area contributed by atoms with Crippen LogP contribution in [0.4, 0.5) is 0 Å². The Morgan fingerprint density at radius 2 is 0.909 bits per heavy atom. The highest BCUT2D eigenvalue weighted by Crippen LogP contribution is 2.56. The van der Waals surface area contributed by atoms with Crippen LogP contribution in [0, 0.1) is 6.92 Å². The fraction of sp³-hybridized carbons (Fsp3) is 0.368. The van der Waals surface area contributed by atoms with Crippen molar-refractivity contribution in [3.05, 3.63) is 107 Å². The molecular weight excluding hydrogens is 695 g/mol. The third-order valence-electron chi connectivity index (χ3n) is 8.54. The van der Waals surface area contributed by atoms with Crippen molar-refractivity contribution in [2.45, 2.75) is 64.7 Å². The lowest BCUT2D eigenvalue weighted by Gasteiger charge is -2.27. The van der Waals surface area contributed by atoms with Crippen LogP contribution in [0.5, 0.6) is 17.2 Å². The SMILES string of the molecule is COc1c(Br)c(C)c(CCCCCCCCCC[P+](c2ccccc2)(c2ccccc2)c2ccccc2)c(OC)c1OC.[Br-]. The molecule has 0 aromatic heterocycles. The standard InChI is InChI=1S/C38H47BrO3P.BrH/c1-30-34(36(40-2)38(42-4)37(41-3)35(30)39)28-20-9-7-5-6-8-10-21-29-43(31-22-14-11-15-23-31,32-24-16-12-17-25-32)33-26-18-13-19-27-33;/h11-19,22-27H,5-10,20-21,28-29H2,1-4H3;1H/q+1;/p-1. The van der Waals surface area contributed by atoms with Gasteiger partial charge in [0.2, 0.25) is 5.75 Å². The van der Waals surface area contributed by atoms with Crippen LogP contribution in [0.3, 0.4) is 0 Å². The molecule has 0 spiro atoms. The summed E-state index contributed by atoms with van der Waals surface area (Å²) in [6.45, 7) is 2.12. The maximum absolute atomic E-state index is 5.76. The molecule has 4 rings (SSSR count). The Hall–Kier alpha value is -2.33. The summed E-state index contributed by atoms with van der Waals surface area (Å²) in [6, 6.07) is 33.8. The second-order valence-electron chi connectivity index (χ2n) is 11.1. The predicted octanol–water partition coefficient (Wildman–Crippen LogP) is 6.44. The molecule has 0 aliphatic carbocycles. The first-order valence-electron chi connectivity index (χ1n) is 15.6. The van der Waals surface area contributed by atoms with E-state index in [1.165, 1.54) is 72.6 Å². The van der Waals surface area contributed by atoms with E-state index < -0.39 is 7.26 Å². The molecule has 0 N–H and O–H groups in total. The summed E-state index contributed by atoms with van der Waals surface area (Å²) in [6.07, 6.45) is 12.2. The molecule has 0 amide bonds. The largest absolute Gasteiger partial charge is 1.00 e. The van der Waals surface area contributed by atoms with Crippen molar-refractivity contribution in [3.63, 3.8) is 0 Å². The van der Waals surface area contributed by atoms with Crippen LogP contribution in [0.1, 0.15) is 62.5 Å². The summed E-state index contributed by atoms with van der Waals surface area (Å²) in [7, 11) is 3.33. The van der Waals surface area contributed by atoms with Gasteiger partial charge in [-0.1, -0.05) is 86.7 Å². The van der Waals surface area contributed by atoms with Gasteiger partial charge < -0.3 is 31.2 Å². The average molecular weight is 743 g/mol. The van der Waals surface area contributed by atoms with Crippen molar-refractivity contribution >= 4 is 39.1 Å². The number of benzene rings is 4. The molecule has 0 saturated carbocycles. The van der Waals surface area contributed by atoms with Gasteiger partial charge in [-0.15, -0.1) is 0 Å². The molecule has 0 aliphatic heterocycles. The first kappa shape index (κ1) is 36.1. The highest BCUT2D eigenvalue weighted by atomic mass is 79.9. The minimum atomic E-state index is -1.71. The fourth-order valence-electron chi connectivity index (χ4n) is 6.29. The molecule has 0 atom stereocenters. The molecule has 4 aromatic rings. The van der Waals surface area contributed by atoms with Gasteiger partial charge in [-0.25, -0.2) is 0 Å². The summed E-state index contributed by atoms with van der Waals surface area (Å²) in [5, 5.41) is 4.46. The third-order valence-corrected chi connectivity index (χ3v) is 14.0. The topological polar surface area (TPSA) is 27.7 Å². The van der Waals surface area contributed by atoms with E-state index >= 15 is 0 Å². The summed E-state index contributed by atoms with van der Waals surface area (Å²) < 4.78 is 17.9. The molecule has 236 valence electrons. The van der Waals surface area contributed by atoms with Crippen LogP contribution in [-0.2, 0) is 6.42 Å². The van der Waals surface area contributed by atoms with Gasteiger partial charge >= 0.3 is 0 Å². The highest BCUT2D eigenvalue weighted by Gasteiger charge is 2.44. The lowest BCUT2D eigenvalue weighted by Crippen LogP contribution is -3.00. The molecule has 0 saturated heterocycles. The van der Waals surface area contributed by atoms with E-state index in [4.69, 9.17) is 14.2 Å². The molecule has 0 unspecified atom stereocenters. The van der Waals surface area contributed by atoms with Crippen LogP contribution in [0.25, 0.3) is 0 Å². The molecule has 44 heavy (non-hydrogen) atoms. The molecule has 0 radical (unpaired) electrons. The highest BCUT2D eigenvalue weighted by molar-refractivity contribution is 9.10. The van der Waals surface area contributed by atoms with E-state index in [9.17, 15) is 0 Å². The predicted molar refractivity (Wildman–Crippen MR) is 189 cm³/mol. The number of hydrogen-bond donors (Lipinski definition) is 0. The third kappa shape index (κ3) is 8.47. The smallest absolute Gasteiger partial charge is 0.204 e. The fourth-order valence-corrected chi connectivity index (χ4v) is 11.3. The zero-order valence-corrected chi connectivity index (χ0v) is 30.7. The summed E-state index contributed by atoms with van der Waals surface area (Å²) in [5.41, 5.74) is 2.36. The van der Waals surface area contributed by atoms with Gasteiger partial charge in [0, 0.05) is 5.56 Å². The van der Waals surface area contributed by atoms with Gasteiger partial charge in [-0.3, -0.25) is 0 Å². The Labute approximate surface area is 285 Å². The van der Waals surface area contributed by atoms with E-state index in [2.05, 4.69) is 114 Å². The van der Waals surface area contributed by atoms with Crippen LogP contribution in [0.2, 0.25) is 0 Å². The van der Waals surface area contributed by atoms with E-state index in [1.54, 1.807) is 21.3 Å². The van der Waals surface area contributed by atoms with Gasteiger partial charge in [-0.2, -0.15) is 0 Å². The maximum atomic E-state index is 5.76. The summed E-state index contributed by atoms with van der Waals surface area (Å²) in [4.78, 5) is 0. The van der Waals surface area contributed by atoms with Crippen LogP contribution in [0.15, 0.2) is 95.5 Å². The second-order valence-corrected chi connectivity index (χ2v) is 15.5. The summed E-state index contributed by atoms with van der Waals surface area (Å²) in [5.74, 6) is 2.15. The van der Waals surface area contributed by atoms with Gasteiger partial charge in [0.05, 0.1) is 32.0 Å². The van der Waals surface area contributed by atoms with E-state index in [0.29, 0.717) is 11.5 Å². The molecular formula is C38H47Br2O3P. The molecule has 4 aromatic carbocycles. The molecule has 3 nitrogen and oxygen atoms in total. The number of halogens is 2. The minimum absolute atomic E-state index is 0. The maximum Gasteiger partial charge on any atom is 0.204 e. The van der Waals surface area contributed by atoms with Crippen molar-refractivity contribution in [3.8, 4) is 17.2 Å². The van der Waals surface area contributed by atoms with E-state index in [-0.39, 0.29) is 17.0 Å². The lowest BCUT2D eigenvalue weighted by molar-refractivity contribution is -0.00000935. The number of methoxy groups -OCH3 is 3. The quantitative estimate of drug-likeness (QED) is 0.0922. The van der Waals surface area contributed by atoms with E-state index in [0.717, 1.165) is 28.6 Å². The lowest BCUT2D eigenvalue weighted by atomic mass is 9.99. The Morgan fingerprint density at radius 3 is 1.32 bits per heavy atom. The van der Waals surface area contributed by atoms with Crippen LogP contribution < -0.4 is 47.1 Å². The van der Waals surface area contributed by atoms with Crippen molar-refractivity contribution in [2.75, 3.05) is 27.5 Å². The molecule has 0 aliphatic rings. The van der Waals surface area contributed by atoms with Crippen molar-refractivity contribution < 1.29 is 31.2 Å². The van der Waals surface area contributed by atoms with Crippen molar-refractivity contribution in [1.29, 1.82) is 0 Å².